The molecular formula is C19H19N5OS2. The normalized spacial score (nSPS) is 12.6. The number of rotatable bonds is 6. The first-order valence-corrected chi connectivity index (χ1v) is 10.4. The summed E-state index contributed by atoms with van der Waals surface area (Å²) < 4.78 is 7.52. The van der Waals surface area contributed by atoms with Crippen molar-refractivity contribution in [3.8, 4) is 16.4 Å². The zero-order chi connectivity index (χ0) is 18.8. The molecule has 0 aliphatic rings. The molecule has 3 heterocycles. The van der Waals surface area contributed by atoms with E-state index in [4.69, 9.17) is 4.52 Å². The van der Waals surface area contributed by atoms with Crippen molar-refractivity contribution in [1.82, 2.24) is 24.9 Å². The van der Waals surface area contributed by atoms with Crippen molar-refractivity contribution in [2.45, 2.75) is 37.1 Å². The van der Waals surface area contributed by atoms with Crippen molar-refractivity contribution in [1.29, 1.82) is 0 Å². The van der Waals surface area contributed by atoms with E-state index in [0.717, 1.165) is 27.4 Å². The van der Waals surface area contributed by atoms with Gasteiger partial charge in [-0.25, -0.2) is 0 Å². The molecule has 27 heavy (non-hydrogen) atoms. The highest BCUT2D eigenvalue weighted by atomic mass is 32.2. The Labute approximate surface area is 165 Å². The predicted octanol–water partition coefficient (Wildman–Crippen LogP) is 5.36. The molecule has 1 atom stereocenters. The molecule has 0 N–H and O–H groups in total. The molecule has 6 nitrogen and oxygen atoms in total. The Bertz CT molecular complexity index is 1010. The minimum atomic E-state index is -0.0344. The minimum absolute atomic E-state index is 0.0344. The molecule has 4 rings (SSSR count). The monoisotopic (exact) mass is 397 g/mol. The third kappa shape index (κ3) is 3.68. The van der Waals surface area contributed by atoms with Crippen LogP contribution in [0, 0.1) is 0 Å². The molecule has 4 aromatic rings. The van der Waals surface area contributed by atoms with E-state index in [1.165, 1.54) is 0 Å². The zero-order valence-corrected chi connectivity index (χ0v) is 16.9. The molecule has 0 spiro atoms. The van der Waals surface area contributed by atoms with Gasteiger partial charge in [-0.3, -0.25) is 4.57 Å². The summed E-state index contributed by atoms with van der Waals surface area (Å²) in [6, 6.07) is 14.2. The van der Waals surface area contributed by atoms with E-state index in [2.05, 4.69) is 43.1 Å². The lowest BCUT2D eigenvalue weighted by atomic mass is 10.2. The zero-order valence-electron chi connectivity index (χ0n) is 15.2. The summed E-state index contributed by atoms with van der Waals surface area (Å²) in [7, 11) is 0. The van der Waals surface area contributed by atoms with Gasteiger partial charge in [-0.2, -0.15) is 4.98 Å². The van der Waals surface area contributed by atoms with Gasteiger partial charge in [0.05, 0.1) is 10.1 Å². The van der Waals surface area contributed by atoms with E-state index in [0.29, 0.717) is 5.89 Å². The van der Waals surface area contributed by atoms with E-state index in [9.17, 15) is 0 Å². The number of thiophene rings is 1. The summed E-state index contributed by atoms with van der Waals surface area (Å²) in [5.74, 6) is 2.39. The minimum Gasteiger partial charge on any atom is -0.338 e. The van der Waals surface area contributed by atoms with Crippen molar-refractivity contribution < 1.29 is 4.52 Å². The third-order valence-corrected chi connectivity index (χ3v) is 5.89. The molecule has 0 radical (unpaired) electrons. The number of aromatic nitrogens is 5. The van der Waals surface area contributed by atoms with E-state index in [-0.39, 0.29) is 11.2 Å². The van der Waals surface area contributed by atoms with Gasteiger partial charge in [0.15, 0.2) is 16.8 Å². The number of para-hydroxylation sites is 1. The first-order valence-electron chi connectivity index (χ1n) is 8.68. The molecule has 0 saturated carbocycles. The van der Waals surface area contributed by atoms with Crippen molar-refractivity contribution in [3.63, 3.8) is 0 Å². The lowest BCUT2D eigenvalue weighted by molar-refractivity contribution is 0.373. The van der Waals surface area contributed by atoms with Crippen LogP contribution in [0.1, 0.15) is 43.7 Å². The van der Waals surface area contributed by atoms with Crippen LogP contribution in [-0.4, -0.2) is 24.9 Å². The lowest BCUT2D eigenvalue weighted by Crippen LogP contribution is -2.00. The van der Waals surface area contributed by atoms with Gasteiger partial charge in [-0.1, -0.05) is 55.0 Å². The highest BCUT2D eigenvalue weighted by Crippen LogP contribution is 2.37. The molecular weight excluding hydrogens is 378 g/mol. The van der Waals surface area contributed by atoms with E-state index in [1.807, 2.05) is 50.4 Å². The maximum absolute atomic E-state index is 5.45. The number of benzene rings is 1. The van der Waals surface area contributed by atoms with Crippen molar-refractivity contribution >= 4 is 23.1 Å². The molecule has 0 fully saturated rings. The number of hydrogen-bond acceptors (Lipinski definition) is 7. The van der Waals surface area contributed by atoms with Gasteiger partial charge in [0.25, 0.3) is 0 Å². The highest BCUT2D eigenvalue weighted by molar-refractivity contribution is 7.99. The molecule has 0 saturated heterocycles. The Morgan fingerprint density at radius 2 is 1.85 bits per heavy atom. The van der Waals surface area contributed by atoms with Gasteiger partial charge >= 0.3 is 0 Å². The second-order valence-electron chi connectivity index (χ2n) is 6.36. The lowest BCUT2D eigenvalue weighted by Gasteiger charge is -2.11. The quantitative estimate of drug-likeness (QED) is 0.408. The second kappa shape index (κ2) is 7.66. The molecule has 0 aliphatic carbocycles. The first-order chi connectivity index (χ1) is 13.1. The fourth-order valence-corrected chi connectivity index (χ4v) is 4.17. The molecule has 0 aliphatic heterocycles. The van der Waals surface area contributed by atoms with E-state index in [1.54, 1.807) is 23.1 Å². The molecule has 0 unspecified atom stereocenters. The topological polar surface area (TPSA) is 69.6 Å². The number of thioether (sulfide) groups is 1. The first kappa shape index (κ1) is 17.9. The molecule has 138 valence electrons. The standard InChI is InChI=1S/C19H19N5OS2/c1-12(2)16-20-18(25-23-16)13(3)27-19-22-21-17(15-10-7-11-26-15)24(19)14-8-5-4-6-9-14/h4-13H,1-3H3/t13-/m0/s1. The second-order valence-corrected chi connectivity index (χ2v) is 8.62. The van der Waals surface area contributed by atoms with Crippen LogP contribution in [0.4, 0.5) is 0 Å². The van der Waals surface area contributed by atoms with Crippen LogP contribution in [0.2, 0.25) is 0 Å². The number of nitrogens with zero attached hydrogens (tertiary/aromatic N) is 5. The Morgan fingerprint density at radius 1 is 1.04 bits per heavy atom. The maximum Gasteiger partial charge on any atom is 0.239 e. The van der Waals surface area contributed by atoms with Crippen LogP contribution in [0.15, 0.2) is 57.5 Å². The van der Waals surface area contributed by atoms with Gasteiger partial charge in [0.2, 0.25) is 5.89 Å². The van der Waals surface area contributed by atoms with Gasteiger partial charge in [0, 0.05) is 11.6 Å². The largest absolute Gasteiger partial charge is 0.338 e. The van der Waals surface area contributed by atoms with Crippen LogP contribution in [0.25, 0.3) is 16.4 Å². The fraction of sp³-hybridized carbons (Fsp3) is 0.263. The summed E-state index contributed by atoms with van der Waals surface area (Å²) in [6.45, 7) is 6.13. The predicted molar refractivity (Wildman–Crippen MR) is 107 cm³/mol. The van der Waals surface area contributed by atoms with Gasteiger partial charge in [-0.05, 0) is 30.5 Å². The third-order valence-electron chi connectivity index (χ3n) is 3.99. The molecule has 0 amide bonds. The molecule has 3 aromatic heterocycles. The van der Waals surface area contributed by atoms with E-state index >= 15 is 0 Å². The van der Waals surface area contributed by atoms with Gasteiger partial charge in [-0.15, -0.1) is 21.5 Å². The van der Waals surface area contributed by atoms with Crippen LogP contribution in [-0.2, 0) is 0 Å². The highest BCUT2D eigenvalue weighted by Gasteiger charge is 2.23. The molecule has 8 heteroatoms. The van der Waals surface area contributed by atoms with E-state index < -0.39 is 0 Å². The van der Waals surface area contributed by atoms with Crippen molar-refractivity contribution in [2.24, 2.45) is 0 Å². The van der Waals surface area contributed by atoms with Gasteiger partial charge < -0.3 is 4.52 Å². The van der Waals surface area contributed by atoms with Gasteiger partial charge in [0.1, 0.15) is 0 Å². The van der Waals surface area contributed by atoms with Crippen LogP contribution in [0.5, 0.6) is 0 Å². The summed E-state index contributed by atoms with van der Waals surface area (Å²) in [4.78, 5) is 5.59. The summed E-state index contributed by atoms with van der Waals surface area (Å²) >= 11 is 3.21. The summed E-state index contributed by atoms with van der Waals surface area (Å²) in [5, 5.41) is 15.8. The van der Waals surface area contributed by atoms with Crippen molar-refractivity contribution in [2.75, 3.05) is 0 Å². The molecule has 1 aromatic carbocycles. The molecule has 0 bridgehead atoms. The fourth-order valence-electron chi connectivity index (χ4n) is 2.58. The van der Waals surface area contributed by atoms with Crippen LogP contribution >= 0.6 is 23.1 Å². The SMILES string of the molecule is CC(C)c1noc([C@H](C)Sc2nnc(-c3cccs3)n2-c2ccccc2)n1. The summed E-state index contributed by atoms with van der Waals surface area (Å²) in [6.07, 6.45) is 0. The smallest absolute Gasteiger partial charge is 0.239 e. The Balaban J connectivity index is 1.70. The average Bonchev–Trinajstić information content (AvgIpc) is 3.42. The Kier molecular flexibility index (Phi) is 5.09. The maximum atomic E-state index is 5.45. The van der Waals surface area contributed by atoms with Crippen LogP contribution < -0.4 is 0 Å². The average molecular weight is 398 g/mol. The Hall–Kier alpha value is -2.45. The van der Waals surface area contributed by atoms with Crippen LogP contribution in [0.3, 0.4) is 0 Å². The van der Waals surface area contributed by atoms with Crippen molar-refractivity contribution in [3.05, 3.63) is 59.6 Å². The summed E-state index contributed by atoms with van der Waals surface area (Å²) in [5.41, 5.74) is 1.02. The number of hydrogen-bond donors (Lipinski definition) is 0. The Morgan fingerprint density at radius 3 is 2.52 bits per heavy atom.